The van der Waals surface area contributed by atoms with Crippen molar-refractivity contribution in [2.75, 3.05) is 0 Å². The molecule has 0 unspecified atom stereocenters. The van der Waals surface area contributed by atoms with Gasteiger partial charge in [-0.2, -0.15) is 5.10 Å². The molecule has 1 aliphatic rings. The average Bonchev–Trinajstić information content (AvgIpc) is 2.52. The predicted molar refractivity (Wildman–Crippen MR) is 78.5 cm³/mol. The Hall–Kier alpha value is -0.350. The van der Waals surface area contributed by atoms with Gasteiger partial charge in [0, 0.05) is 19.1 Å². The molecule has 4 heteroatoms. The van der Waals surface area contributed by atoms with Crippen molar-refractivity contribution in [2.24, 2.45) is 10.8 Å². The molecule has 0 atom stereocenters. The molecule has 0 spiro atoms. The highest BCUT2D eigenvalue weighted by atomic mass is 79.9. The van der Waals surface area contributed by atoms with Gasteiger partial charge >= 0.3 is 0 Å². The Morgan fingerprint density at radius 3 is 2.28 bits per heavy atom. The fourth-order valence-electron chi connectivity index (χ4n) is 2.94. The molecule has 1 aliphatic carbocycles. The largest absolute Gasteiger partial charge is 0.307 e. The predicted octanol–water partition coefficient (Wildman–Crippen LogP) is 3.50. The molecule has 0 aliphatic heterocycles. The third-order valence-electron chi connectivity index (χ3n) is 4.95. The standard InChI is InChI=1S/C14H24BrN3/c1-7-18-10(11(15)9(2)17-18)8-16-12-13(3,4)14(12,5)6/h12,16H,7-8H2,1-6H3. The molecule has 1 saturated carbocycles. The normalized spacial score (nSPS) is 21.3. The summed E-state index contributed by atoms with van der Waals surface area (Å²) >= 11 is 3.65. The summed E-state index contributed by atoms with van der Waals surface area (Å²) in [6, 6.07) is 0.581. The molecule has 0 aromatic carbocycles. The molecule has 3 nitrogen and oxygen atoms in total. The maximum Gasteiger partial charge on any atom is 0.0739 e. The molecular formula is C14H24BrN3. The van der Waals surface area contributed by atoms with E-state index in [-0.39, 0.29) is 0 Å². The van der Waals surface area contributed by atoms with Gasteiger partial charge in [0.15, 0.2) is 0 Å². The van der Waals surface area contributed by atoms with Gasteiger partial charge in [0.1, 0.15) is 0 Å². The minimum Gasteiger partial charge on any atom is -0.307 e. The number of rotatable bonds is 4. The van der Waals surface area contributed by atoms with E-state index in [1.807, 2.05) is 6.92 Å². The number of nitrogens with zero attached hydrogens (tertiary/aromatic N) is 2. The van der Waals surface area contributed by atoms with Gasteiger partial charge in [-0.15, -0.1) is 0 Å². The summed E-state index contributed by atoms with van der Waals surface area (Å²) in [4.78, 5) is 0. The highest BCUT2D eigenvalue weighted by molar-refractivity contribution is 9.10. The number of hydrogen-bond acceptors (Lipinski definition) is 2. The number of nitrogens with one attached hydrogen (secondary N) is 1. The summed E-state index contributed by atoms with van der Waals surface area (Å²) in [6.07, 6.45) is 0. The molecule has 18 heavy (non-hydrogen) atoms. The van der Waals surface area contributed by atoms with Gasteiger partial charge in [0.05, 0.1) is 15.9 Å². The molecule has 102 valence electrons. The van der Waals surface area contributed by atoms with E-state index in [0.717, 1.165) is 23.3 Å². The summed E-state index contributed by atoms with van der Waals surface area (Å²) in [5, 5.41) is 8.22. The van der Waals surface area contributed by atoms with Crippen LogP contribution in [0.25, 0.3) is 0 Å². The van der Waals surface area contributed by atoms with Crippen LogP contribution in [0.3, 0.4) is 0 Å². The first-order valence-electron chi connectivity index (χ1n) is 6.68. The number of aromatic nitrogens is 2. The lowest BCUT2D eigenvalue weighted by Crippen LogP contribution is -2.23. The van der Waals surface area contributed by atoms with Crippen molar-refractivity contribution < 1.29 is 0 Å². The van der Waals surface area contributed by atoms with Crippen LogP contribution in [0.2, 0.25) is 0 Å². The summed E-state index contributed by atoms with van der Waals surface area (Å²) < 4.78 is 3.22. The van der Waals surface area contributed by atoms with Gasteiger partial charge in [-0.25, -0.2) is 0 Å². The van der Waals surface area contributed by atoms with Crippen LogP contribution in [0.4, 0.5) is 0 Å². The first kappa shape index (κ1) is 14.1. The van der Waals surface area contributed by atoms with E-state index in [9.17, 15) is 0 Å². The maximum atomic E-state index is 4.53. The molecular weight excluding hydrogens is 290 g/mol. The minimum atomic E-state index is 0.381. The first-order valence-corrected chi connectivity index (χ1v) is 7.48. The Kier molecular flexibility index (Phi) is 3.39. The molecule has 1 aromatic rings. The third-order valence-corrected chi connectivity index (χ3v) is 5.98. The van der Waals surface area contributed by atoms with Gasteiger partial charge in [-0.3, -0.25) is 4.68 Å². The summed E-state index contributed by atoms with van der Waals surface area (Å²) in [7, 11) is 0. The first-order chi connectivity index (χ1) is 8.23. The fraction of sp³-hybridized carbons (Fsp3) is 0.786. The molecule has 0 saturated heterocycles. The van der Waals surface area contributed by atoms with E-state index in [0.29, 0.717) is 16.9 Å². The second-order valence-electron chi connectivity index (χ2n) is 6.42. The van der Waals surface area contributed by atoms with Crippen LogP contribution in [0.1, 0.15) is 46.0 Å². The van der Waals surface area contributed by atoms with Crippen molar-refractivity contribution in [1.82, 2.24) is 15.1 Å². The van der Waals surface area contributed by atoms with E-state index in [1.54, 1.807) is 0 Å². The lowest BCUT2D eigenvalue weighted by molar-refractivity contribution is 0.457. The van der Waals surface area contributed by atoms with Crippen LogP contribution >= 0.6 is 15.9 Å². The van der Waals surface area contributed by atoms with Crippen molar-refractivity contribution >= 4 is 15.9 Å². The Bertz CT molecular complexity index is 446. The van der Waals surface area contributed by atoms with E-state index in [1.165, 1.54) is 5.69 Å². The Labute approximate surface area is 118 Å². The molecule has 0 radical (unpaired) electrons. The Balaban J connectivity index is 2.09. The summed E-state index contributed by atoms with van der Waals surface area (Å²) in [5.41, 5.74) is 3.09. The quantitative estimate of drug-likeness (QED) is 0.922. The van der Waals surface area contributed by atoms with Gasteiger partial charge < -0.3 is 5.32 Å². The zero-order chi connectivity index (χ0) is 13.7. The van der Waals surface area contributed by atoms with Crippen LogP contribution in [-0.4, -0.2) is 15.8 Å². The Morgan fingerprint density at radius 1 is 1.28 bits per heavy atom. The second-order valence-corrected chi connectivity index (χ2v) is 7.21. The van der Waals surface area contributed by atoms with Gasteiger partial charge in [-0.1, -0.05) is 27.7 Å². The number of aryl methyl sites for hydroxylation is 2. The van der Waals surface area contributed by atoms with Crippen LogP contribution in [-0.2, 0) is 13.1 Å². The lowest BCUT2D eigenvalue weighted by Gasteiger charge is -2.09. The summed E-state index contributed by atoms with van der Waals surface area (Å²) in [5.74, 6) is 0. The van der Waals surface area contributed by atoms with Crippen molar-refractivity contribution in [3.63, 3.8) is 0 Å². The topological polar surface area (TPSA) is 29.9 Å². The van der Waals surface area contributed by atoms with E-state index in [4.69, 9.17) is 0 Å². The van der Waals surface area contributed by atoms with Gasteiger partial charge in [0.2, 0.25) is 0 Å². The van der Waals surface area contributed by atoms with Crippen LogP contribution < -0.4 is 5.32 Å². The molecule has 0 bridgehead atoms. The second kappa shape index (κ2) is 4.34. The molecule has 0 amide bonds. The molecule has 1 fully saturated rings. The van der Waals surface area contributed by atoms with Crippen LogP contribution in [0.5, 0.6) is 0 Å². The van der Waals surface area contributed by atoms with Crippen molar-refractivity contribution in [1.29, 1.82) is 0 Å². The average molecular weight is 314 g/mol. The van der Waals surface area contributed by atoms with Crippen molar-refractivity contribution in [3.8, 4) is 0 Å². The SMILES string of the molecule is CCn1nc(C)c(Br)c1CNC1C(C)(C)C1(C)C. The van der Waals surface area contributed by atoms with Gasteiger partial charge in [-0.05, 0) is 40.6 Å². The lowest BCUT2D eigenvalue weighted by atomic mass is 10.0. The van der Waals surface area contributed by atoms with Crippen molar-refractivity contribution in [3.05, 3.63) is 15.9 Å². The highest BCUT2D eigenvalue weighted by Gasteiger charge is 2.64. The molecule has 1 N–H and O–H groups in total. The fourth-order valence-corrected chi connectivity index (χ4v) is 3.37. The van der Waals surface area contributed by atoms with Crippen LogP contribution in [0, 0.1) is 17.8 Å². The number of hydrogen-bond donors (Lipinski definition) is 1. The number of halogens is 1. The van der Waals surface area contributed by atoms with Crippen LogP contribution in [0.15, 0.2) is 4.47 Å². The summed E-state index contributed by atoms with van der Waals surface area (Å²) in [6.45, 7) is 15.3. The molecule has 2 rings (SSSR count). The molecule has 1 heterocycles. The zero-order valence-electron chi connectivity index (χ0n) is 12.3. The van der Waals surface area contributed by atoms with Crippen molar-refractivity contribution in [2.45, 2.75) is 60.7 Å². The molecule has 1 aromatic heterocycles. The monoisotopic (exact) mass is 313 g/mol. The third kappa shape index (κ3) is 1.94. The van der Waals surface area contributed by atoms with E-state index in [2.05, 4.69) is 65.6 Å². The van der Waals surface area contributed by atoms with Gasteiger partial charge in [0.25, 0.3) is 0 Å². The zero-order valence-corrected chi connectivity index (χ0v) is 13.8. The minimum absolute atomic E-state index is 0.381. The maximum absolute atomic E-state index is 4.53. The van der Waals surface area contributed by atoms with E-state index < -0.39 is 0 Å². The van der Waals surface area contributed by atoms with E-state index >= 15 is 0 Å². The highest BCUT2D eigenvalue weighted by Crippen LogP contribution is 2.62. The smallest absolute Gasteiger partial charge is 0.0739 e. The Morgan fingerprint density at radius 2 is 1.83 bits per heavy atom.